The molecule has 6 nitrogen and oxygen atoms in total. The molecule has 0 aliphatic carbocycles. The molecule has 4 rings (SSSR count). The molecule has 2 aromatic carbocycles. The Bertz CT molecular complexity index is 1010. The van der Waals surface area contributed by atoms with E-state index >= 15 is 0 Å². The number of nitrogens with zero attached hydrogens (tertiary/aromatic N) is 2. The molecule has 0 aromatic heterocycles. The van der Waals surface area contributed by atoms with Gasteiger partial charge in [-0.05, 0) is 36.6 Å². The fraction of sp³-hybridized carbons (Fsp3) is 0.320. The number of nitrogens with one attached hydrogen (secondary N) is 2. The summed E-state index contributed by atoms with van der Waals surface area (Å²) in [6.07, 6.45) is 6.25. The number of carbonyl (C=O) groups is 2. The van der Waals surface area contributed by atoms with Crippen molar-refractivity contribution in [3.63, 3.8) is 0 Å². The molecule has 0 spiro atoms. The number of aryl methyl sites for hydroxylation is 1. The second kappa shape index (κ2) is 9.60. The molecule has 2 aliphatic heterocycles. The Hall–Kier alpha value is -3.41. The fourth-order valence-corrected chi connectivity index (χ4v) is 3.88. The second-order valence-electron chi connectivity index (χ2n) is 7.99. The molecule has 1 atom stereocenters. The minimum Gasteiger partial charge on any atom is -0.355 e. The number of hydrazone groups is 1. The van der Waals surface area contributed by atoms with Crippen molar-refractivity contribution in [1.82, 2.24) is 10.6 Å². The van der Waals surface area contributed by atoms with Gasteiger partial charge in [-0.3, -0.25) is 9.59 Å². The lowest BCUT2D eigenvalue weighted by atomic mass is 10.0. The van der Waals surface area contributed by atoms with Gasteiger partial charge in [-0.25, -0.2) is 5.01 Å². The van der Waals surface area contributed by atoms with Crippen LogP contribution >= 0.6 is 0 Å². The van der Waals surface area contributed by atoms with E-state index in [0.29, 0.717) is 18.8 Å². The van der Waals surface area contributed by atoms with Crippen LogP contribution in [0.25, 0.3) is 5.70 Å². The highest BCUT2D eigenvalue weighted by atomic mass is 16.2. The van der Waals surface area contributed by atoms with E-state index in [9.17, 15) is 9.59 Å². The van der Waals surface area contributed by atoms with Crippen LogP contribution < -0.4 is 15.6 Å². The maximum Gasteiger partial charge on any atom is 0.230 e. The second-order valence-corrected chi connectivity index (χ2v) is 7.99. The van der Waals surface area contributed by atoms with Crippen LogP contribution in [-0.4, -0.2) is 24.2 Å². The molecule has 1 fully saturated rings. The average molecular weight is 417 g/mol. The topological polar surface area (TPSA) is 73.8 Å². The molecule has 0 saturated carbocycles. The van der Waals surface area contributed by atoms with Crippen LogP contribution in [0, 0.1) is 5.92 Å². The van der Waals surface area contributed by atoms with E-state index in [1.165, 1.54) is 12.0 Å². The molecule has 1 unspecified atom stereocenters. The predicted molar refractivity (Wildman–Crippen MR) is 123 cm³/mol. The van der Waals surface area contributed by atoms with Crippen LogP contribution in [0.5, 0.6) is 0 Å². The zero-order valence-corrected chi connectivity index (χ0v) is 17.8. The summed E-state index contributed by atoms with van der Waals surface area (Å²) in [4.78, 5) is 24.0. The maximum atomic E-state index is 12.6. The summed E-state index contributed by atoms with van der Waals surface area (Å²) < 4.78 is 0. The first-order valence-corrected chi connectivity index (χ1v) is 10.9. The number of benzene rings is 2. The smallest absolute Gasteiger partial charge is 0.230 e. The zero-order chi connectivity index (χ0) is 21.6. The number of rotatable bonds is 6. The summed E-state index contributed by atoms with van der Waals surface area (Å²) in [5, 5.41) is 12.3. The summed E-state index contributed by atoms with van der Waals surface area (Å²) in [5.41, 5.74) is 4.35. The van der Waals surface area contributed by atoms with E-state index in [-0.39, 0.29) is 24.2 Å². The van der Waals surface area contributed by atoms with Crippen molar-refractivity contribution in [2.24, 2.45) is 11.0 Å². The van der Waals surface area contributed by atoms with Gasteiger partial charge in [0, 0.05) is 24.9 Å². The molecular formula is C25H28N4O2. The summed E-state index contributed by atoms with van der Waals surface area (Å²) >= 11 is 0. The van der Waals surface area contributed by atoms with Gasteiger partial charge in [0.1, 0.15) is 5.84 Å². The third-order valence-corrected chi connectivity index (χ3v) is 5.60. The lowest BCUT2D eigenvalue weighted by Gasteiger charge is -2.28. The summed E-state index contributed by atoms with van der Waals surface area (Å²) in [5.74, 6) is -0.00889. The van der Waals surface area contributed by atoms with Crippen molar-refractivity contribution in [3.05, 3.63) is 71.8 Å². The highest BCUT2D eigenvalue weighted by Crippen LogP contribution is 2.30. The molecule has 2 aromatic rings. The van der Waals surface area contributed by atoms with Crippen molar-refractivity contribution >= 4 is 29.0 Å². The van der Waals surface area contributed by atoms with Crippen LogP contribution in [0.3, 0.4) is 0 Å². The largest absolute Gasteiger partial charge is 0.355 e. The lowest BCUT2D eigenvalue weighted by molar-refractivity contribution is -0.125. The molecule has 2 amide bonds. The molecule has 1 saturated heterocycles. The number of amidine groups is 1. The van der Waals surface area contributed by atoms with Crippen LogP contribution in [0.2, 0.25) is 0 Å². The predicted octanol–water partition coefficient (Wildman–Crippen LogP) is 3.85. The van der Waals surface area contributed by atoms with Gasteiger partial charge in [0.2, 0.25) is 11.8 Å². The highest BCUT2D eigenvalue weighted by Gasteiger charge is 2.29. The highest BCUT2D eigenvalue weighted by molar-refractivity contribution is 6.04. The Kier molecular flexibility index (Phi) is 6.46. The molecule has 2 heterocycles. The average Bonchev–Trinajstić information content (AvgIpc) is 3.25. The van der Waals surface area contributed by atoms with Crippen molar-refractivity contribution in [1.29, 1.82) is 0 Å². The van der Waals surface area contributed by atoms with Crippen LogP contribution in [0.1, 0.15) is 43.7 Å². The summed E-state index contributed by atoms with van der Waals surface area (Å²) in [6.45, 7) is 2.58. The van der Waals surface area contributed by atoms with Crippen molar-refractivity contribution in [3.8, 4) is 0 Å². The standard InChI is InChI=1S/C25H28N4O2/c1-2-3-8-18-9-7-10-19(15-18)22-13-14-23(27-25(31)20-16-24(30)26-17-20)28-29(22)21-11-5-4-6-12-21/h4-7,9-13,15,20H,2-3,8,14,16-17H2,1H3,(H,26,30)(H,27,28,31). The first-order chi connectivity index (χ1) is 15.1. The van der Waals surface area contributed by atoms with E-state index in [0.717, 1.165) is 29.8 Å². The van der Waals surface area contributed by atoms with Crippen LogP contribution in [0.4, 0.5) is 5.69 Å². The summed E-state index contributed by atoms with van der Waals surface area (Å²) in [7, 11) is 0. The van der Waals surface area contributed by atoms with Crippen LogP contribution in [0.15, 0.2) is 65.8 Å². The van der Waals surface area contributed by atoms with Gasteiger partial charge in [0.25, 0.3) is 0 Å². The molecular weight excluding hydrogens is 388 g/mol. The first-order valence-electron chi connectivity index (χ1n) is 10.9. The monoisotopic (exact) mass is 416 g/mol. The van der Waals surface area contributed by atoms with Gasteiger partial charge in [-0.2, -0.15) is 5.10 Å². The molecule has 2 aliphatic rings. The number of para-hydroxylation sites is 1. The van der Waals surface area contributed by atoms with Crippen molar-refractivity contribution in [2.45, 2.75) is 39.0 Å². The van der Waals surface area contributed by atoms with E-state index < -0.39 is 0 Å². The van der Waals surface area contributed by atoms with Gasteiger partial charge < -0.3 is 10.6 Å². The molecule has 0 radical (unpaired) electrons. The van der Waals surface area contributed by atoms with Gasteiger partial charge in [-0.15, -0.1) is 0 Å². The maximum absolute atomic E-state index is 12.6. The van der Waals surface area contributed by atoms with E-state index in [4.69, 9.17) is 5.10 Å². The molecule has 6 heteroatoms. The molecule has 160 valence electrons. The Morgan fingerprint density at radius 3 is 2.77 bits per heavy atom. The third kappa shape index (κ3) is 5.02. The Morgan fingerprint density at radius 1 is 1.19 bits per heavy atom. The fourth-order valence-electron chi connectivity index (χ4n) is 3.88. The number of hydrogen-bond donors (Lipinski definition) is 2. The number of anilines is 1. The Labute approximate surface area is 183 Å². The lowest BCUT2D eigenvalue weighted by Crippen LogP contribution is -2.39. The van der Waals surface area contributed by atoms with E-state index in [1.54, 1.807) is 0 Å². The minimum absolute atomic E-state index is 0.0817. The summed E-state index contributed by atoms with van der Waals surface area (Å²) in [6, 6.07) is 18.5. The Morgan fingerprint density at radius 2 is 2.03 bits per heavy atom. The number of carbonyl (C=O) groups excluding carboxylic acids is 2. The van der Waals surface area contributed by atoms with E-state index in [1.807, 2.05) is 35.3 Å². The van der Waals surface area contributed by atoms with E-state index in [2.05, 4.69) is 47.9 Å². The van der Waals surface area contributed by atoms with Crippen molar-refractivity contribution < 1.29 is 9.59 Å². The SMILES string of the molecule is CCCCc1cccc(C2=CCC(NC(=O)C3CNC(=O)C3)=NN2c2ccccc2)c1. The first kappa shape index (κ1) is 20.8. The third-order valence-electron chi connectivity index (χ3n) is 5.60. The van der Waals surface area contributed by atoms with Crippen LogP contribution in [-0.2, 0) is 16.0 Å². The van der Waals surface area contributed by atoms with Gasteiger partial charge in [-0.1, -0.05) is 55.8 Å². The minimum atomic E-state index is -0.346. The number of amides is 2. The van der Waals surface area contributed by atoms with Gasteiger partial charge in [0.15, 0.2) is 0 Å². The quantitative estimate of drug-likeness (QED) is 0.751. The van der Waals surface area contributed by atoms with Gasteiger partial charge >= 0.3 is 0 Å². The molecule has 0 bridgehead atoms. The molecule has 31 heavy (non-hydrogen) atoms. The molecule has 2 N–H and O–H groups in total. The normalized spacial score (nSPS) is 18.3. The van der Waals surface area contributed by atoms with Crippen molar-refractivity contribution in [2.75, 3.05) is 11.6 Å². The van der Waals surface area contributed by atoms with Gasteiger partial charge in [0.05, 0.1) is 17.3 Å². The number of hydrogen-bond acceptors (Lipinski definition) is 4. The zero-order valence-electron chi connectivity index (χ0n) is 17.8. The Balaban J connectivity index is 1.58. The number of unbranched alkanes of at least 4 members (excludes halogenated alkanes) is 1.